The van der Waals surface area contributed by atoms with Crippen LogP contribution in [-0.4, -0.2) is 21.2 Å². The van der Waals surface area contributed by atoms with Crippen molar-refractivity contribution in [3.8, 4) is 0 Å². The van der Waals surface area contributed by atoms with Gasteiger partial charge in [-0.2, -0.15) is 5.10 Å². The summed E-state index contributed by atoms with van der Waals surface area (Å²) in [5.74, 6) is 0. The zero-order chi connectivity index (χ0) is 9.38. The standard InChI is InChI=1S/C10H11N3O/c1-3-9(14-6-1)8-7-10-11-4-2-5-13(10)12-8/h2,4-5,7,9H,1,3,6H2. The monoisotopic (exact) mass is 189 g/mol. The summed E-state index contributed by atoms with van der Waals surface area (Å²) in [7, 11) is 0. The largest absolute Gasteiger partial charge is 0.372 e. The molecule has 2 aromatic rings. The molecule has 3 rings (SSSR count). The van der Waals surface area contributed by atoms with Crippen LogP contribution in [0.5, 0.6) is 0 Å². The molecular formula is C10H11N3O. The molecule has 0 spiro atoms. The summed E-state index contributed by atoms with van der Waals surface area (Å²) in [4.78, 5) is 4.22. The number of hydrogen-bond acceptors (Lipinski definition) is 3. The van der Waals surface area contributed by atoms with Gasteiger partial charge in [0, 0.05) is 25.1 Å². The zero-order valence-corrected chi connectivity index (χ0v) is 7.76. The summed E-state index contributed by atoms with van der Waals surface area (Å²) in [6.07, 6.45) is 6.06. The van der Waals surface area contributed by atoms with Crippen LogP contribution in [0.4, 0.5) is 0 Å². The lowest BCUT2D eigenvalue weighted by Crippen LogP contribution is -1.96. The second-order valence-electron chi connectivity index (χ2n) is 3.49. The van der Waals surface area contributed by atoms with Gasteiger partial charge in [-0.3, -0.25) is 0 Å². The molecule has 2 aromatic heterocycles. The average molecular weight is 189 g/mol. The highest BCUT2D eigenvalue weighted by Crippen LogP contribution is 2.27. The fourth-order valence-corrected chi connectivity index (χ4v) is 1.82. The van der Waals surface area contributed by atoms with Crippen LogP contribution in [0, 0.1) is 0 Å². The lowest BCUT2D eigenvalue weighted by atomic mass is 10.2. The van der Waals surface area contributed by atoms with E-state index >= 15 is 0 Å². The van der Waals surface area contributed by atoms with Crippen LogP contribution in [0.15, 0.2) is 24.5 Å². The number of fused-ring (bicyclic) bond motifs is 1. The van der Waals surface area contributed by atoms with Gasteiger partial charge in [0.1, 0.15) is 6.10 Å². The summed E-state index contributed by atoms with van der Waals surface area (Å²) in [5.41, 5.74) is 1.89. The minimum atomic E-state index is 0.177. The Morgan fingerprint density at radius 1 is 1.50 bits per heavy atom. The van der Waals surface area contributed by atoms with E-state index in [0.717, 1.165) is 30.8 Å². The fraction of sp³-hybridized carbons (Fsp3) is 0.400. The first-order valence-electron chi connectivity index (χ1n) is 4.85. The summed E-state index contributed by atoms with van der Waals surface area (Å²) >= 11 is 0. The Kier molecular flexibility index (Phi) is 1.73. The van der Waals surface area contributed by atoms with Gasteiger partial charge >= 0.3 is 0 Å². The van der Waals surface area contributed by atoms with Crippen molar-refractivity contribution >= 4 is 5.65 Å². The van der Waals surface area contributed by atoms with Gasteiger partial charge in [0.15, 0.2) is 5.65 Å². The van der Waals surface area contributed by atoms with Gasteiger partial charge in [-0.1, -0.05) is 0 Å². The summed E-state index contributed by atoms with van der Waals surface area (Å²) < 4.78 is 7.35. The molecule has 1 aliphatic heterocycles. The third-order valence-corrected chi connectivity index (χ3v) is 2.51. The topological polar surface area (TPSA) is 39.4 Å². The number of aromatic nitrogens is 3. The maximum atomic E-state index is 5.56. The van der Waals surface area contributed by atoms with Crippen LogP contribution in [0.25, 0.3) is 5.65 Å². The molecule has 1 saturated heterocycles. The van der Waals surface area contributed by atoms with E-state index in [9.17, 15) is 0 Å². The van der Waals surface area contributed by atoms with Crippen molar-refractivity contribution in [1.29, 1.82) is 0 Å². The zero-order valence-electron chi connectivity index (χ0n) is 7.76. The highest BCUT2D eigenvalue weighted by molar-refractivity contribution is 5.38. The fourth-order valence-electron chi connectivity index (χ4n) is 1.82. The van der Waals surface area contributed by atoms with Crippen LogP contribution in [-0.2, 0) is 4.74 Å². The lowest BCUT2D eigenvalue weighted by Gasteiger charge is -2.02. The number of nitrogens with zero attached hydrogens (tertiary/aromatic N) is 3. The average Bonchev–Trinajstić information content (AvgIpc) is 2.86. The van der Waals surface area contributed by atoms with E-state index in [1.165, 1.54) is 0 Å². The lowest BCUT2D eigenvalue weighted by molar-refractivity contribution is 0.108. The Bertz CT molecular complexity index is 412. The quantitative estimate of drug-likeness (QED) is 0.683. The summed E-state index contributed by atoms with van der Waals surface area (Å²) in [6, 6.07) is 3.87. The molecular weight excluding hydrogens is 178 g/mol. The first-order valence-corrected chi connectivity index (χ1v) is 4.85. The normalized spacial score (nSPS) is 21.9. The number of ether oxygens (including phenoxy) is 1. The van der Waals surface area contributed by atoms with Gasteiger partial charge in [-0.25, -0.2) is 9.50 Å². The van der Waals surface area contributed by atoms with Gasteiger partial charge in [0.25, 0.3) is 0 Å². The molecule has 4 heteroatoms. The summed E-state index contributed by atoms with van der Waals surface area (Å²) in [5, 5.41) is 4.42. The molecule has 4 nitrogen and oxygen atoms in total. The first-order chi connectivity index (χ1) is 6.93. The molecule has 1 atom stereocenters. The van der Waals surface area contributed by atoms with Crippen molar-refractivity contribution in [1.82, 2.24) is 14.6 Å². The Labute approximate surface area is 81.5 Å². The molecule has 0 N–H and O–H groups in total. The van der Waals surface area contributed by atoms with Crippen LogP contribution in [0.2, 0.25) is 0 Å². The van der Waals surface area contributed by atoms with E-state index < -0.39 is 0 Å². The van der Waals surface area contributed by atoms with E-state index in [1.807, 2.05) is 18.3 Å². The van der Waals surface area contributed by atoms with E-state index in [2.05, 4.69) is 10.1 Å². The van der Waals surface area contributed by atoms with Crippen LogP contribution < -0.4 is 0 Å². The molecule has 0 saturated carbocycles. The first kappa shape index (κ1) is 7.94. The van der Waals surface area contributed by atoms with Crippen molar-refractivity contribution in [2.24, 2.45) is 0 Å². The number of rotatable bonds is 1. The van der Waals surface area contributed by atoms with Crippen LogP contribution >= 0.6 is 0 Å². The maximum absolute atomic E-state index is 5.56. The molecule has 0 aliphatic carbocycles. The molecule has 1 aliphatic rings. The molecule has 1 unspecified atom stereocenters. The molecule has 1 fully saturated rings. The van der Waals surface area contributed by atoms with Crippen LogP contribution in [0.1, 0.15) is 24.6 Å². The summed E-state index contributed by atoms with van der Waals surface area (Å²) in [6.45, 7) is 0.853. The van der Waals surface area contributed by atoms with Gasteiger partial charge in [0.05, 0.1) is 5.69 Å². The smallest absolute Gasteiger partial charge is 0.155 e. The molecule has 3 heterocycles. The van der Waals surface area contributed by atoms with Gasteiger partial charge < -0.3 is 4.74 Å². The predicted molar refractivity (Wildman–Crippen MR) is 50.9 cm³/mol. The predicted octanol–water partition coefficient (Wildman–Crippen LogP) is 1.58. The second kappa shape index (κ2) is 3.06. The van der Waals surface area contributed by atoms with Crippen molar-refractivity contribution in [3.63, 3.8) is 0 Å². The van der Waals surface area contributed by atoms with Gasteiger partial charge in [-0.05, 0) is 18.9 Å². The molecule has 0 bridgehead atoms. The maximum Gasteiger partial charge on any atom is 0.155 e. The minimum absolute atomic E-state index is 0.177. The molecule has 0 aromatic carbocycles. The van der Waals surface area contributed by atoms with Crippen molar-refractivity contribution in [2.75, 3.05) is 6.61 Å². The van der Waals surface area contributed by atoms with Crippen molar-refractivity contribution in [2.45, 2.75) is 18.9 Å². The minimum Gasteiger partial charge on any atom is -0.372 e. The van der Waals surface area contributed by atoms with E-state index in [0.29, 0.717) is 0 Å². The molecule has 72 valence electrons. The molecule has 14 heavy (non-hydrogen) atoms. The Morgan fingerprint density at radius 2 is 2.50 bits per heavy atom. The van der Waals surface area contributed by atoms with E-state index in [1.54, 1.807) is 10.7 Å². The Morgan fingerprint density at radius 3 is 3.29 bits per heavy atom. The van der Waals surface area contributed by atoms with Gasteiger partial charge in [-0.15, -0.1) is 0 Å². The third-order valence-electron chi connectivity index (χ3n) is 2.51. The van der Waals surface area contributed by atoms with E-state index in [4.69, 9.17) is 4.74 Å². The van der Waals surface area contributed by atoms with E-state index in [-0.39, 0.29) is 6.10 Å². The van der Waals surface area contributed by atoms with Crippen LogP contribution in [0.3, 0.4) is 0 Å². The SMILES string of the molecule is c1cnc2cc(C3CCCO3)nn2c1. The molecule has 0 radical (unpaired) electrons. The number of hydrogen-bond donors (Lipinski definition) is 0. The van der Waals surface area contributed by atoms with Gasteiger partial charge in [0.2, 0.25) is 0 Å². The Balaban J connectivity index is 2.05. The molecule has 0 amide bonds. The second-order valence-corrected chi connectivity index (χ2v) is 3.49. The van der Waals surface area contributed by atoms with Crippen molar-refractivity contribution < 1.29 is 4.74 Å². The Hall–Kier alpha value is -1.42. The van der Waals surface area contributed by atoms with Crippen molar-refractivity contribution in [3.05, 3.63) is 30.2 Å². The highest BCUT2D eigenvalue weighted by Gasteiger charge is 2.20. The third kappa shape index (κ3) is 1.19. The highest BCUT2D eigenvalue weighted by atomic mass is 16.5.